The van der Waals surface area contributed by atoms with Gasteiger partial charge < -0.3 is 15.2 Å². The van der Waals surface area contributed by atoms with Gasteiger partial charge in [0.15, 0.2) is 17.3 Å². The second-order valence-electron chi connectivity index (χ2n) is 4.10. The van der Waals surface area contributed by atoms with E-state index in [1.165, 1.54) is 0 Å². The number of hydrogen-bond acceptors (Lipinski definition) is 5. The normalized spacial score (nSPS) is 12.2. The molecule has 102 valence electrons. The molecule has 1 aromatic carbocycles. The van der Waals surface area contributed by atoms with Gasteiger partial charge in [0.1, 0.15) is 5.82 Å². The number of benzene rings is 1. The van der Waals surface area contributed by atoms with Gasteiger partial charge in [-0.05, 0) is 31.5 Å². The molecule has 1 atom stereocenters. The lowest BCUT2D eigenvalue weighted by atomic mass is 10.1. The van der Waals surface area contributed by atoms with Crippen LogP contribution in [-0.2, 0) is 0 Å². The van der Waals surface area contributed by atoms with Crippen LogP contribution in [0.3, 0.4) is 0 Å². The minimum absolute atomic E-state index is 0.394. The number of aryl methyl sites for hydroxylation is 1. The molecule has 0 saturated carbocycles. The number of nitrogens with one attached hydrogen (secondary N) is 1. The summed E-state index contributed by atoms with van der Waals surface area (Å²) in [4.78, 5) is 4.24. The number of aromatic nitrogens is 3. The molecule has 1 heterocycles. The predicted octanol–water partition coefficient (Wildman–Crippen LogP) is 1.57. The fraction of sp³-hybridized carbons (Fsp3) is 0.385. The smallest absolute Gasteiger partial charge is 0.171 e. The molecule has 0 spiro atoms. The lowest BCUT2D eigenvalue weighted by molar-refractivity contribution is 0.310. The van der Waals surface area contributed by atoms with Crippen molar-refractivity contribution in [2.24, 2.45) is 5.73 Å². The van der Waals surface area contributed by atoms with Crippen molar-refractivity contribution >= 4 is 0 Å². The standard InChI is InChI=1S/C13H18N4O2/c1-4-19-10-6-5-9(7-11(10)18-3)12(14)13-15-8(2)16-17-13/h5-7,12H,4,14H2,1-3H3,(H,15,16,17). The molecule has 6 nitrogen and oxygen atoms in total. The average Bonchev–Trinajstić information content (AvgIpc) is 2.85. The molecular weight excluding hydrogens is 244 g/mol. The van der Waals surface area contributed by atoms with Crippen LogP contribution in [0.1, 0.15) is 30.2 Å². The number of H-pyrrole nitrogens is 1. The number of rotatable bonds is 5. The third-order valence-corrected chi connectivity index (χ3v) is 2.74. The maximum atomic E-state index is 6.14. The molecule has 0 aliphatic carbocycles. The third-order valence-electron chi connectivity index (χ3n) is 2.74. The summed E-state index contributed by atoms with van der Waals surface area (Å²) < 4.78 is 10.8. The van der Waals surface area contributed by atoms with Crippen LogP contribution in [0.2, 0.25) is 0 Å². The van der Waals surface area contributed by atoms with Gasteiger partial charge >= 0.3 is 0 Å². The van der Waals surface area contributed by atoms with Crippen molar-refractivity contribution in [2.75, 3.05) is 13.7 Å². The lowest BCUT2D eigenvalue weighted by Gasteiger charge is -2.13. The van der Waals surface area contributed by atoms with Crippen LogP contribution in [0, 0.1) is 6.92 Å². The summed E-state index contributed by atoms with van der Waals surface area (Å²) in [6, 6.07) is 5.19. The topological polar surface area (TPSA) is 86.0 Å². The molecule has 0 bridgehead atoms. The van der Waals surface area contributed by atoms with E-state index in [0.717, 1.165) is 11.4 Å². The number of ether oxygens (including phenoxy) is 2. The zero-order valence-electron chi connectivity index (χ0n) is 11.3. The zero-order chi connectivity index (χ0) is 13.8. The van der Waals surface area contributed by atoms with E-state index in [1.54, 1.807) is 7.11 Å². The SMILES string of the molecule is CCOc1ccc(C(N)c2n[nH]c(C)n2)cc1OC. The van der Waals surface area contributed by atoms with E-state index in [1.807, 2.05) is 32.0 Å². The number of nitrogens with two attached hydrogens (primary N) is 1. The highest BCUT2D eigenvalue weighted by Crippen LogP contribution is 2.30. The molecule has 0 radical (unpaired) electrons. The Morgan fingerprint density at radius 1 is 1.37 bits per heavy atom. The minimum atomic E-state index is -0.394. The fourth-order valence-corrected chi connectivity index (χ4v) is 1.80. The van der Waals surface area contributed by atoms with Crippen LogP contribution < -0.4 is 15.2 Å². The van der Waals surface area contributed by atoms with E-state index >= 15 is 0 Å². The first kappa shape index (κ1) is 13.4. The molecule has 2 rings (SSSR count). The highest BCUT2D eigenvalue weighted by molar-refractivity contribution is 5.44. The van der Waals surface area contributed by atoms with Crippen LogP contribution in [0.15, 0.2) is 18.2 Å². The van der Waals surface area contributed by atoms with Gasteiger partial charge in [-0.15, -0.1) is 0 Å². The first-order valence-corrected chi connectivity index (χ1v) is 6.11. The Kier molecular flexibility index (Phi) is 4.01. The van der Waals surface area contributed by atoms with Gasteiger partial charge in [-0.25, -0.2) is 4.98 Å². The maximum absolute atomic E-state index is 6.14. The van der Waals surface area contributed by atoms with Crippen molar-refractivity contribution in [3.8, 4) is 11.5 Å². The first-order valence-electron chi connectivity index (χ1n) is 6.11. The molecule has 3 N–H and O–H groups in total. The summed E-state index contributed by atoms with van der Waals surface area (Å²) in [5.41, 5.74) is 7.01. The fourth-order valence-electron chi connectivity index (χ4n) is 1.80. The molecule has 1 aromatic heterocycles. The Morgan fingerprint density at radius 3 is 2.74 bits per heavy atom. The second-order valence-corrected chi connectivity index (χ2v) is 4.10. The van der Waals surface area contributed by atoms with Crippen LogP contribution in [0.4, 0.5) is 0 Å². The molecule has 6 heteroatoms. The Bertz CT molecular complexity index is 553. The van der Waals surface area contributed by atoms with Gasteiger partial charge in [-0.3, -0.25) is 5.10 Å². The van der Waals surface area contributed by atoms with Gasteiger partial charge in [0.05, 0.1) is 19.8 Å². The largest absolute Gasteiger partial charge is 0.493 e. The monoisotopic (exact) mass is 262 g/mol. The molecular formula is C13H18N4O2. The van der Waals surface area contributed by atoms with E-state index in [-0.39, 0.29) is 0 Å². The summed E-state index contributed by atoms with van der Waals surface area (Å²) in [6.07, 6.45) is 0. The third kappa shape index (κ3) is 2.85. The molecule has 0 saturated heterocycles. The molecule has 2 aromatic rings. The Labute approximate surface area is 111 Å². The molecule has 19 heavy (non-hydrogen) atoms. The Balaban J connectivity index is 2.30. The minimum Gasteiger partial charge on any atom is -0.493 e. The van der Waals surface area contributed by atoms with E-state index < -0.39 is 6.04 Å². The zero-order valence-corrected chi connectivity index (χ0v) is 11.3. The number of hydrogen-bond donors (Lipinski definition) is 2. The van der Waals surface area contributed by atoms with Gasteiger partial charge in [-0.2, -0.15) is 5.10 Å². The molecule has 0 aliphatic rings. The van der Waals surface area contributed by atoms with Crippen molar-refractivity contribution in [1.82, 2.24) is 15.2 Å². The molecule has 0 aliphatic heterocycles. The van der Waals surface area contributed by atoms with Crippen molar-refractivity contribution < 1.29 is 9.47 Å². The second kappa shape index (κ2) is 5.71. The average molecular weight is 262 g/mol. The van der Waals surface area contributed by atoms with Crippen LogP contribution in [0.25, 0.3) is 0 Å². The van der Waals surface area contributed by atoms with Crippen molar-refractivity contribution in [2.45, 2.75) is 19.9 Å². The summed E-state index contributed by atoms with van der Waals surface area (Å²) in [5, 5.41) is 6.86. The number of nitrogens with zero attached hydrogens (tertiary/aromatic N) is 2. The summed E-state index contributed by atoms with van der Waals surface area (Å²) >= 11 is 0. The summed E-state index contributed by atoms with van der Waals surface area (Å²) in [7, 11) is 1.60. The van der Waals surface area contributed by atoms with Crippen LogP contribution in [-0.4, -0.2) is 28.9 Å². The highest BCUT2D eigenvalue weighted by Gasteiger charge is 2.16. The quantitative estimate of drug-likeness (QED) is 0.854. The van der Waals surface area contributed by atoms with Crippen LogP contribution >= 0.6 is 0 Å². The summed E-state index contributed by atoms with van der Waals surface area (Å²) in [6.45, 7) is 4.35. The van der Waals surface area contributed by atoms with Crippen molar-refractivity contribution in [1.29, 1.82) is 0 Å². The molecule has 1 unspecified atom stereocenters. The molecule has 0 fully saturated rings. The van der Waals surface area contributed by atoms with Gasteiger partial charge in [0, 0.05) is 0 Å². The number of aromatic amines is 1. The van der Waals surface area contributed by atoms with E-state index in [2.05, 4.69) is 15.2 Å². The molecule has 0 amide bonds. The first-order chi connectivity index (χ1) is 9.15. The maximum Gasteiger partial charge on any atom is 0.171 e. The lowest BCUT2D eigenvalue weighted by Crippen LogP contribution is -2.14. The Hall–Kier alpha value is -2.08. The summed E-state index contributed by atoms with van der Waals surface area (Å²) in [5.74, 6) is 2.65. The number of methoxy groups -OCH3 is 1. The van der Waals surface area contributed by atoms with Gasteiger partial charge in [0.25, 0.3) is 0 Å². The van der Waals surface area contributed by atoms with E-state index in [9.17, 15) is 0 Å². The van der Waals surface area contributed by atoms with Gasteiger partial charge in [0.2, 0.25) is 0 Å². The van der Waals surface area contributed by atoms with Crippen molar-refractivity contribution in [3.63, 3.8) is 0 Å². The van der Waals surface area contributed by atoms with Crippen LogP contribution in [0.5, 0.6) is 11.5 Å². The van der Waals surface area contributed by atoms with Gasteiger partial charge in [-0.1, -0.05) is 6.07 Å². The van der Waals surface area contributed by atoms with Crippen molar-refractivity contribution in [3.05, 3.63) is 35.4 Å². The highest BCUT2D eigenvalue weighted by atomic mass is 16.5. The Morgan fingerprint density at radius 2 is 2.16 bits per heavy atom. The van der Waals surface area contributed by atoms with E-state index in [0.29, 0.717) is 23.9 Å². The predicted molar refractivity (Wildman–Crippen MR) is 71.3 cm³/mol. The van der Waals surface area contributed by atoms with E-state index in [4.69, 9.17) is 15.2 Å².